The van der Waals surface area contributed by atoms with Crippen LogP contribution >= 0.6 is 0 Å². The third-order valence-corrected chi connectivity index (χ3v) is 3.81. The van der Waals surface area contributed by atoms with Crippen LogP contribution in [0.2, 0.25) is 0 Å². The zero-order valence-corrected chi connectivity index (χ0v) is 12.3. The molecule has 2 aromatic rings. The zero-order chi connectivity index (χ0) is 15.5. The second kappa shape index (κ2) is 6.01. The molecule has 1 aromatic carbocycles. The topological polar surface area (TPSA) is 86.9 Å². The van der Waals surface area contributed by atoms with Gasteiger partial charge in [-0.05, 0) is 31.4 Å². The van der Waals surface area contributed by atoms with Crippen molar-refractivity contribution < 1.29 is 9.59 Å². The van der Waals surface area contributed by atoms with Gasteiger partial charge in [0.05, 0.1) is 0 Å². The molecule has 0 saturated heterocycles. The number of H-pyrrole nitrogens is 1. The Hall–Kier alpha value is -2.63. The van der Waals surface area contributed by atoms with Gasteiger partial charge in [0.2, 0.25) is 11.8 Å². The normalized spacial score (nSPS) is 16.8. The monoisotopic (exact) mass is 298 g/mol. The van der Waals surface area contributed by atoms with Crippen LogP contribution < -0.4 is 10.6 Å². The van der Waals surface area contributed by atoms with Crippen molar-refractivity contribution in [3.63, 3.8) is 0 Å². The maximum absolute atomic E-state index is 12.1. The van der Waals surface area contributed by atoms with E-state index in [0.29, 0.717) is 25.1 Å². The Morgan fingerprint density at radius 2 is 2.23 bits per heavy atom. The van der Waals surface area contributed by atoms with Crippen molar-refractivity contribution in [2.24, 2.45) is 5.92 Å². The van der Waals surface area contributed by atoms with E-state index in [1.54, 1.807) is 6.07 Å². The highest BCUT2D eigenvalue weighted by molar-refractivity contribution is 5.96. The Morgan fingerprint density at radius 1 is 1.41 bits per heavy atom. The number of benzene rings is 1. The number of carbonyl (C=O) groups excluding carboxylic acids is 2. The summed E-state index contributed by atoms with van der Waals surface area (Å²) in [6, 6.07) is 9.53. The Bertz CT molecular complexity index is 708. The molecule has 3 N–H and O–H groups in total. The molecule has 2 heterocycles. The first-order valence-corrected chi connectivity index (χ1v) is 7.32. The lowest BCUT2D eigenvalue weighted by atomic mass is 9.89. The smallest absolute Gasteiger partial charge is 0.227 e. The fourth-order valence-electron chi connectivity index (χ4n) is 2.64. The molecular formula is C16H18N4O2. The van der Waals surface area contributed by atoms with Crippen LogP contribution in [0, 0.1) is 12.8 Å². The predicted octanol–water partition coefficient (Wildman–Crippen LogP) is 2.25. The molecule has 1 aromatic heterocycles. The van der Waals surface area contributed by atoms with Crippen LogP contribution in [0.5, 0.6) is 0 Å². The average Bonchev–Trinajstić information content (AvgIpc) is 2.90. The molecule has 0 spiro atoms. The number of aromatic nitrogens is 2. The number of aromatic amines is 1. The molecule has 22 heavy (non-hydrogen) atoms. The van der Waals surface area contributed by atoms with Gasteiger partial charge in [-0.1, -0.05) is 18.2 Å². The van der Waals surface area contributed by atoms with Gasteiger partial charge in [0.25, 0.3) is 0 Å². The number of anilines is 2. The first-order chi connectivity index (χ1) is 10.6. The first-order valence-electron chi connectivity index (χ1n) is 7.32. The third-order valence-electron chi connectivity index (χ3n) is 3.81. The van der Waals surface area contributed by atoms with E-state index < -0.39 is 0 Å². The quantitative estimate of drug-likeness (QED) is 0.809. The summed E-state index contributed by atoms with van der Waals surface area (Å²) in [6.07, 6.45) is 1.50. The summed E-state index contributed by atoms with van der Waals surface area (Å²) in [5, 5.41) is 12.3. The fraction of sp³-hybridized carbons (Fsp3) is 0.312. The van der Waals surface area contributed by atoms with Gasteiger partial charge in [-0.15, -0.1) is 0 Å². The predicted molar refractivity (Wildman–Crippen MR) is 83.5 cm³/mol. The molecule has 1 unspecified atom stereocenters. The number of para-hydroxylation sites is 1. The molecule has 0 radical (unpaired) electrons. The van der Waals surface area contributed by atoms with Gasteiger partial charge in [-0.3, -0.25) is 14.7 Å². The maximum atomic E-state index is 12.1. The molecular weight excluding hydrogens is 280 g/mol. The van der Waals surface area contributed by atoms with E-state index in [0.717, 1.165) is 16.9 Å². The Labute approximate surface area is 128 Å². The molecule has 1 atom stereocenters. The van der Waals surface area contributed by atoms with Gasteiger partial charge < -0.3 is 10.6 Å². The minimum Gasteiger partial charge on any atom is -0.326 e. The van der Waals surface area contributed by atoms with Crippen LogP contribution in [0.15, 0.2) is 30.3 Å². The summed E-state index contributed by atoms with van der Waals surface area (Å²) in [7, 11) is 0. The van der Waals surface area contributed by atoms with Crippen molar-refractivity contribution in [2.75, 3.05) is 10.6 Å². The van der Waals surface area contributed by atoms with Crippen LogP contribution in [0.4, 0.5) is 11.5 Å². The number of carbonyl (C=O) groups is 2. The molecule has 1 aliphatic rings. The molecule has 6 heteroatoms. The summed E-state index contributed by atoms with van der Waals surface area (Å²) in [4.78, 5) is 24.0. The highest BCUT2D eigenvalue weighted by Crippen LogP contribution is 2.27. The van der Waals surface area contributed by atoms with E-state index in [1.165, 1.54) is 0 Å². The number of amides is 2. The highest BCUT2D eigenvalue weighted by atomic mass is 16.2. The Morgan fingerprint density at radius 3 is 3.00 bits per heavy atom. The zero-order valence-electron chi connectivity index (χ0n) is 12.3. The Kier molecular flexibility index (Phi) is 3.91. The van der Waals surface area contributed by atoms with E-state index in [2.05, 4.69) is 20.8 Å². The van der Waals surface area contributed by atoms with E-state index in [4.69, 9.17) is 0 Å². The van der Waals surface area contributed by atoms with Gasteiger partial charge >= 0.3 is 0 Å². The highest BCUT2D eigenvalue weighted by Gasteiger charge is 2.26. The summed E-state index contributed by atoms with van der Waals surface area (Å²) in [5.74, 6) is 0.211. The third kappa shape index (κ3) is 3.16. The minimum atomic E-state index is -0.165. The van der Waals surface area contributed by atoms with E-state index in [1.807, 2.05) is 31.2 Å². The number of rotatable bonds is 4. The molecule has 2 amide bonds. The number of hydrogen-bond donors (Lipinski definition) is 3. The molecule has 6 nitrogen and oxygen atoms in total. The molecule has 0 bridgehead atoms. The lowest BCUT2D eigenvalue weighted by molar-refractivity contribution is -0.121. The molecule has 3 rings (SSSR count). The average molecular weight is 298 g/mol. The summed E-state index contributed by atoms with van der Waals surface area (Å²) in [5.41, 5.74) is 2.88. The SMILES string of the molecule is Cc1cc(NC(=O)CCC2Cc3ccccc3NC2=O)n[nH]1. The summed E-state index contributed by atoms with van der Waals surface area (Å²) < 4.78 is 0. The van der Waals surface area contributed by atoms with Crippen molar-refractivity contribution in [3.05, 3.63) is 41.6 Å². The van der Waals surface area contributed by atoms with Crippen LogP contribution in [0.3, 0.4) is 0 Å². The minimum absolute atomic E-state index is 0.0119. The summed E-state index contributed by atoms with van der Waals surface area (Å²) in [6.45, 7) is 1.87. The molecule has 0 aliphatic carbocycles. The molecule has 0 fully saturated rings. The van der Waals surface area contributed by atoms with Crippen molar-refractivity contribution in [1.29, 1.82) is 0 Å². The van der Waals surface area contributed by atoms with Crippen LogP contribution in [-0.2, 0) is 16.0 Å². The Balaban J connectivity index is 1.55. The van der Waals surface area contributed by atoms with Gasteiger partial charge in [0.1, 0.15) is 0 Å². The van der Waals surface area contributed by atoms with Crippen molar-refractivity contribution in [3.8, 4) is 0 Å². The summed E-state index contributed by atoms with van der Waals surface area (Å²) >= 11 is 0. The molecule has 114 valence electrons. The van der Waals surface area contributed by atoms with Gasteiger partial charge in [0, 0.05) is 29.8 Å². The standard InChI is InChI=1S/C16H18N4O2/c1-10-8-14(20-19-10)18-15(21)7-6-12-9-11-4-2-3-5-13(11)17-16(12)22/h2-5,8,12H,6-7,9H2,1H3,(H,17,22)(H2,18,19,20,21). The second-order valence-electron chi connectivity index (χ2n) is 5.57. The van der Waals surface area contributed by atoms with Crippen molar-refractivity contribution in [1.82, 2.24) is 10.2 Å². The number of nitrogens with one attached hydrogen (secondary N) is 3. The van der Waals surface area contributed by atoms with Gasteiger partial charge in [0.15, 0.2) is 5.82 Å². The number of aryl methyl sites for hydroxylation is 1. The molecule has 0 saturated carbocycles. The van der Waals surface area contributed by atoms with Crippen LogP contribution in [-0.4, -0.2) is 22.0 Å². The largest absolute Gasteiger partial charge is 0.326 e. The van der Waals surface area contributed by atoms with Gasteiger partial charge in [-0.2, -0.15) is 5.10 Å². The molecule has 1 aliphatic heterocycles. The van der Waals surface area contributed by atoms with E-state index >= 15 is 0 Å². The number of nitrogens with zero attached hydrogens (tertiary/aromatic N) is 1. The van der Waals surface area contributed by atoms with Gasteiger partial charge in [-0.25, -0.2) is 0 Å². The van der Waals surface area contributed by atoms with E-state index in [9.17, 15) is 9.59 Å². The maximum Gasteiger partial charge on any atom is 0.227 e. The van der Waals surface area contributed by atoms with Crippen LogP contribution in [0.1, 0.15) is 24.1 Å². The van der Waals surface area contributed by atoms with E-state index in [-0.39, 0.29) is 17.7 Å². The first kappa shape index (κ1) is 14.3. The fourth-order valence-corrected chi connectivity index (χ4v) is 2.64. The second-order valence-corrected chi connectivity index (χ2v) is 5.57. The number of hydrogen-bond acceptors (Lipinski definition) is 3. The lowest BCUT2D eigenvalue weighted by Gasteiger charge is -2.24. The number of fused-ring (bicyclic) bond motifs is 1. The lowest BCUT2D eigenvalue weighted by Crippen LogP contribution is -2.30. The van der Waals surface area contributed by atoms with Crippen molar-refractivity contribution >= 4 is 23.3 Å². The van der Waals surface area contributed by atoms with Crippen molar-refractivity contribution in [2.45, 2.75) is 26.2 Å². The van der Waals surface area contributed by atoms with Crippen LogP contribution in [0.25, 0.3) is 0 Å².